The lowest BCUT2D eigenvalue weighted by Crippen LogP contribution is -2.22. The van der Waals surface area contributed by atoms with E-state index in [1.807, 2.05) is 32.2 Å². The molecule has 4 heteroatoms. The molecule has 0 spiro atoms. The number of rotatable bonds is 5. The van der Waals surface area contributed by atoms with Crippen molar-refractivity contribution in [2.24, 2.45) is 0 Å². The molecule has 1 aromatic carbocycles. The Morgan fingerprint density at radius 1 is 1.21 bits per heavy atom. The molecule has 0 unspecified atom stereocenters. The van der Waals surface area contributed by atoms with Crippen LogP contribution in [0.25, 0.3) is 0 Å². The van der Waals surface area contributed by atoms with Gasteiger partial charge in [0.05, 0.1) is 19.0 Å². The average Bonchev–Trinajstić information content (AvgIpc) is 2.45. The second-order valence-electron chi connectivity index (χ2n) is 4.50. The highest BCUT2D eigenvalue weighted by Gasteiger charge is 2.06. The zero-order valence-electron chi connectivity index (χ0n) is 11.6. The number of benzene rings is 1. The maximum atomic E-state index is 5.36. The standard InChI is InChI=1S/C15H19N3O/c1-12-10-16-11-15(17-12)18(2)9-8-13-6-4-5-7-14(13)19-3/h4-7,10-11H,8-9H2,1-3H3. The van der Waals surface area contributed by atoms with Gasteiger partial charge in [-0.2, -0.15) is 0 Å². The largest absolute Gasteiger partial charge is 0.496 e. The summed E-state index contributed by atoms with van der Waals surface area (Å²) in [6, 6.07) is 8.10. The summed E-state index contributed by atoms with van der Waals surface area (Å²) in [6.07, 6.45) is 4.46. The van der Waals surface area contributed by atoms with E-state index in [-0.39, 0.29) is 0 Å². The van der Waals surface area contributed by atoms with Crippen LogP contribution in [0, 0.1) is 6.92 Å². The summed E-state index contributed by atoms with van der Waals surface area (Å²) in [4.78, 5) is 10.7. The van der Waals surface area contributed by atoms with Crippen LogP contribution in [-0.4, -0.2) is 30.7 Å². The molecule has 0 aliphatic heterocycles. The van der Waals surface area contributed by atoms with Crippen LogP contribution in [0.4, 0.5) is 5.82 Å². The smallest absolute Gasteiger partial charge is 0.147 e. The lowest BCUT2D eigenvalue weighted by molar-refractivity contribution is 0.409. The minimum atomic E-state index is 0.874. The topological polar surface area (TPSA) is 38.2 Å². The Labute approximate surface area is 114 Å². The van der Waals surface area contributed by atoms with Crippen molar-refractivity contribution in [3.63, 3.8) is 0 Å². The van der Waals surface area contributed by atoms with Gasteiger partial charge in [0, 0.05) is 19.8 Å². The van der Waals surface area contributed by atoms with Crippen molar-refractivity contribution in [2.45, 2.75) is 13.3 Å². The van der Waals surface area contributed by atoms with E-state index in [2.05, 4.69) is 20.9 Å². The van der Waals surface area contributed by atoms with Crippen molar-refractivity contribution in [3.8, 4) is 5.75 Å². The van der Waals surface area contributed by atoms with Crippen molar-refractivity contribution in [1.29, 1.82) is 0 Å². The van der Waals surface area contributed by atoms with Crippen LogP contribution < -0.4 is 9.64 Å². The van der Waals surface area contributed by atoms with Crippen molar-refractivity contribution in [3.05, 3.63) is 47.9 Å². The second-order valence-corrected chi connectivity index (χ2v) is 4.50. The maximum absolute atomic E-state index is 5.36. The number of nitrogens with zero attached hydrogens (tertiary/aromatic N) is 3. The van der Waals surface area contributed by atoms with E-state index >= 15 is 0 Å². The molecule has 0 bridgehead atoms. The molecule has 100 valence electrons. The summed E-state index contributed by atoms with van der Waals surface area (Å²) in [5.74, 6) is 1.83. The predicted molar refractivity (Wildman–Crippen MR) is 76.7 cm³/mol. The van der Waals surface area contributed by atoms with Gasteiger partial charge >= 0.3 is 0 Å². The number of hydrogen-bond acceptors (Lipinski definition) is 4. The van der Waals surface area contributed by atoms with Gasteiger partial charge in [-0.25, -0.2) is 4.98 Å². The SMILES string of the molecule is COc1ccccc1CCN(C)c1cncc(C)n1. The van der Waals surface area contributed by atoms with E-state index in [1.165, 1.54) is 5.56 Å². The highest BCUT2D eigenvalue weighted by Crippen LogP contribution is 2.18. The molecule has 0 saturated heterocycles. The summed E-state index contributed by atoms with van der Waals surface area (Å²) in [5, 5.41) is 0. The van der Waals surface area contributed by atoms with Crippen molar-refractivity contribution in [2.75, 3.05) is 25.6 Å². The third-order valence-electron chi connectivity index (χ3n) is 3.04. The first-order valence-electron chi connectivity index (χ1n) is 6.32. The van der Waals surface area contributed by atoms with E-state index in [1.54, 1.807) is 19.5 Å². The third kappa shape index (κ3) is 3.44. The summed E-state index contributed by atoms with van der Waals surface area (Å²) < 4.78 is 5.36. The normalized spacial score (nSPS) is 10.3. The van der Waals surface area contributed by atoms with Gasteiger partial charge in [0.2, 0.25) is 0 Å². The molecule has 1 aromatic heterocycles. The minimum absolute atomic E-state index is 0.874. The number of anilines is 1. The molecule has 4 nitrogen and oxygen atoms in total. The monoisotopic (exact) mass is 257 g/mol. The minimum Gasteiger partial charge on any atom is -0.496 e. The molecular formula is C15H19N3O. The molecule has 19 heavy (non-hydrogen) atoms. The molecule has 0 atom stereocenters. The number of methoxy groups -OCH3 is 1. The van der Waals surface area contributed by atoms with Gasteiger partial charge in [0.1, 0.15) is 11.6 Å². The van der Waals surface area contributed by atoms with Gasteiger partial charge in [0.25, 0.3) is 0 Å². The van der Waals surface area contributed by atoms with Crippen LogP contribution in [0.15, 0.2) is 36.7 Å². The number of aromatic nitrogens is 2. The number of hydrogen-bond donors (Lipinski definition) is 0. The number of aryl methyl sites for hydroxylation is 1. The molecule has 0 N–H and O–H groups in total. The van der Waals surface area contributed by atoms with Gasteiger partial charge in [0.15, 0.2) is 0 Å². The van der Waals surface area contributed by atoms with Crippen LogP contribution in [0.2, 0.25) is 0 Å². The Bertz CT molecular complexity index is 542. The molecule has 0 aliphatic rings. The molecule has 0 radical (unpaired) electrons. The van der Waals surface area contributed by atoms with E-state index in [4.69, 9.17) is 4.74 Å². The Hall–Kier alpha value is -2.10. The van der Waals surface area contributed by atoms with E-state index in [0.29, 0.717) is 0 Å². The molecule has 1 heterocycles. The molecule has 2 aromatic rings. The molecule has 0 saturated carbocycles. The first-order valence-corrected chi connectivity index (χ1v) is 6.32. The average molecular weight is 257 g/mol. The van der Waals surface area contributed by atoms with Crippen molar-refractivity contribution < 1.29 is 4.74 Å². The summed E-state index contributed by atoms with van der Waals surface area (Å²) >= 11 is 0. The van der Waals surface area contributed by atoms with Gasteiger partial charge in [-0.05, 0) is 25.0 Å². The zero-order chi connectivity index (χ0) is 13.7. The first-order chi connectivity index (χ1) is 9.20. The Balaban J connectivity index is 2.02. The third-order valence-corrected chi connectivity index (χ3v) is 3.04. The van der Waals surface area contributed by atoms with Crippen LogP contribution in [0.1, 0.15) is 11.3 Å². The van der Waals surface area contributed by atoms with Crippen LogP contribution in [0.5, 0.6) is 5.75 Å². The van der Waals surface area contributed by atoms with E-state index in [0.717, 1.165) is 30.2 Å². The van der Waals surface area contributed by atoms with Gasteiger partial charge < -0.3 is 9.64 Å². The van der Waals surface area contributed by atoms with E-state index in [9.17, 15) is 0 Å². The Morgan fingerprint density at radius 3 is 2.74 bits per heavy atom. The molecule has 0 fully saturated rings. The summed E-state index contributed by atoms with van der Waals surface area (Å²) in [5.41, 5.74) is 2.14. The maximum Gasteiger partial charge on any atom is 0.147 e. The van der Waals surface area contributed by atoms with Gasteiger partial charge in [-0.15, -0.1) is 0 Å². The van der Waals surface area contributed by atoms with Crippen LogP contribution in [-0.2, 0) is 6.42 Å². The molecule has 0 amide bonds. The number of ether oxygens (including phenoxy) is 1. The fraction of sp³-hybridized carbons (Fsp3) is 0.333. The molecule has 2 rings (SSSR count). The molecule has 0 aliphatic carbocycles. The first kappa shape index (κ1) is 13.3. The fourth-order valence-corrected chi connectivity index (χ4v) is 1.95. The highest BCUT2D eigenvalue weighted by molar-refractivity contribution is 5.37. The Morgan fingerprint density at radius 2 is 2.00 bits per heavy atom. The van der Waals surface area contributed by atoms with Crippen molar-refractivity contribution in [1.82, 2.24) is 9.97 Å². The fourth-order valence-electron chi connectivity index (χ4n) is 1.95. The summed E-state index contributed by atoms with van der Waals surface area (Å²) in [7, 11) is 3.73. The zero-order valence-corrected chi connectivity index (χ0v) is 11.6. The number of likely N-dealkylation sites (N-methyl/N-ethyl adjacent to an activating group) is 1. The van der Waals surface area contributed by atoms with E-state index < -0.39 is 0 Å². The summed E-state index contributed by atoms with van der Waals surface area (Å²) in [6.45, 7) is 2.82. The second kappa shape index (κ2) is 6.18. The van der Waals surface area contributed by atoms with Gasteiger partial charge in [-0.3, -0.25) is 4.98 Å². The van der Waals surface area contributed by atoms with Gasteiger partial charge in [-0.1, -0.05) is 18.2 Å². The highest BCUT2D eigenvalue weighted by atomic mass is 16.5. The molecular weight excluding hydrogens is 238 g/mol. The lowest BCUT2D eigenvalue weighted by atomic mass is 10.1. The van der Waals surface area contributed by atoms with Crippen molar-refractivity contribution >= 4 is 5.82 Å². The Kier molecular flexibility index (Phi) is 4.34. The lowest BCUT2D eigenvalue weighted by Gasteiger charge is -2.18. The van der Waals surface area contributed by atoms with Crippen LogP contribution >= 0.6 is 0 Å². The number of para-hydroxylation sites is 1. The quantitative estimate of drug-likeness (QED) is 0.824. The predicted octanol–water partition coefficient (Wildman–Crippen LogP) is 2.47. The van der Waals surface area contributed by atoms with Crippen LogP contribution in [0.3, 0.4) is 0 Å².